The molecule has 2 aromatic carbocycles. The Kier molecular flexibility index (Phi) is 5.14. The van der Waals surface area contributed by atoms with Gasteiger partial charge in [-0.3, -0.25) is 14.2 Å². The van der Waals surface area contributed by atoms with Crippen molar-refractivity contribution in [3.63, 3.8) is 0 Å². The monoisotopic (exact) mass is 371 g/mol. The first-order chi connectivity index (χ1) is 12.5. The zero-order valence-corrected chi connectivity index (χ0v) is 14.2. The molecule has 0 saturated heterocycles. The third-order valence-corrected chi connectivity index (χ3v) is 3.73. The molecule has 0 aliphatic rings. The highest BCUT2D eigenvalue weighted by atomic mass is 35.5. The number of nitrogens with two attached hydrogens (primary N) is 1. The number of rotatable bonds is 6. The van der Waals surface area contributed by atoms with Crippen molar-refractivity contribution in [1.29, 1.82) is 0 Å². The van der Waals surface area contributed by atoms with Crippen LogP contribution in [0.3, 0.4) is 0 Å². The Morgan fingerprint density at radius 1 is 1.12 bits per heavy atom. The van der Waals surface area contributed by atoms with Gasteiger partial charge >= 0.3 is 0 Å². The molecular formula is C17H14ClN5O3. The highest BCUT2D eigenvalue weighted by Crippen LogP contribution is 2.22. The molecule has 26 heavy (non-hydrogen) atoms. The molecule has 9 heteroatoms. The number of hydrogen-bond donors (Lipinski definition) is 2. The first-order valence-electron chi connectivity index (χ1n) is 7.50. The molecule has 0 spiro atoms. The molecule has 1 heterocycles. The second kappa shape index (κ2) is 7.66. The Morgan fingerprint density at radius 2 is 1.81 bits per heavy atom. The summed E-state index contributed by atoms with van der Waals surface area (Å²) in [6.07, 6.45) is 3.05. The molecule has 0 aliphatic carbocycles. The molecule has 0 radical (unpaired) electrons. The Hall–Kier alpha value is -3.39. The molecule has 1 aromatic heterocycles. The summed E-state index contributed by atoms with van der Waals surface area (Å²) < 4.78 is 6.83. The standard InChI is InChI=1S/C17H14ClN5O3/c18-15-6-3-12(23-9-20-21-10-23)7-14(15)17(25)22-11-1-4-13(5-2-11)26-8-16(19)24/h1-7,9-10H,8H2,(H2,19,24)(H,22,25). The number of ether oxygens (including phenoxy) is 1. The van der Waals surface area contributed by atoms with Gasteiger partial charge in [-0.1, -0.05) is 11.6 Å². The number of hydrogen-bond acceptors (Lipinski definition) is 5. The number of halogens is 1. The lowest BCUT2D eigenvalue weighted by Gasteiger charge is -2.10. The third-order valence-electron chi connectivity index (χ3n) is 3.40. The number of carbonyl (C=O) groups is 2. The predicted molar refractivity (Wildman–Crippen MR) is 95.5 cm³/mol. The van der Waals surface area contributed by atoms with Crippen LogP contribution in [0, 0.1) is 0 Å². The average molecular weight is 372 g/mol. The fourth-order valence-electron chi connectivity index (χ4n) is 2.17. The molecule has 8 nitrogen and oxygen atoms in total. The number of aromatic nitrogens is 3. The van der Waals surface area contributed by atoms with Crippen molar-refractivity contribution in [3.8, 4) is 11.4 Å². The number of benzene rings is 2. The average Bonchev–Trinajstić information content (AvgIpc) is 3.16. The molecule has 3 aromatic rings. The summed E-state index contributed by atoms with van der Waals surface area (Å²) in [4.78, 5) is 23.2. The maximum atomic E-state index is 12.5. The van der Waals surface area contributed by atoms with Crippen LogP contribution in [-0.4, -0.2) is 33.2 Å². The van der Waals surface area contributed by atoms with Gasteiger partial charge in [0.25, 0.3) is 11.8 Å². The molecule has 0 aliphatic heterocycles. The van der Waals surface area contributed by atoms with Crippen molar-refractivity contribution in [2.45, 2.75) is 0 Å². The predicted octanol–water partition coefficient (Wildman–Crippen LogP) is 2.04. The van der Waals surface area contributed by atoms with E-state index in [1.54, 1.807) is 47.0 Å². The first-order valence-corrected chi connectivity index (χ1v) is 7.88. The Bertz CT molecular complexity index is 926. The summed E-state index contributed by atoms with van der Waals surface area (Å²) in [7, 11) is 0. The summed E-state index contributed by atoms with van der Waals surface area (Å²) in [5, 5.41) is 10.5. The van der Waals surface area contributed by atoms with E-state index in [1.807, 2.05) is 0 Å². The quantitative estimate of drug-likeness (QED) is 0.688. The summed E-state index contributed by atoms with van der Waals surface area (Å²) in [5.74, 6) is -0.463. The molecule has 0 atom stereocenters. The SMILES string of the molecule is NC(=O)COc1ccc(NC(=O)c2cc(-n3cnnc3)ccc2Cl)cc1. The zero-order valence-electron chi connectivity index (χ0n) is 13.4. The van der Waals surface area contributed by atoms with Crippen LogP contribution in [-0.2, 0) is 4.79 Å². The minimum absolute atomic E-state index is 0.211. The van der Waals surface area contributed by atoms with Crippen LogP contribution in [0.15, 0.2) is 55.1 Å². The van der Waals surface area contributed by atoms with Gasteiger partial charge in [-0.15, -0.1) is 10.2 Å². The molecule has 0 saturated carbocycles. The summed E-state index contributed by atoms with van der Waals surface area (Å²) >= 11 is 6.15. The van der Waals surface area contributed by atoms with Crippen molar-refractivity contribution < 1.29 is 14.3 Å². The minimum atomic E-state index is -0.565. The second-order valence-corrected chi connectivity index (χ2v) is 5.67. The van der Waals surface area contributed by atoms with E-state index in [2.05, 4.69) is 15.5 Å². The van der Waals surface area contributed by atoms with Gasteiger partial charge in [0.2, 0.25) is 0 Å². The lowest BCUT2D eigenvalue weighted by Crippen LogP contribution is -2.20. The van der Waals surface area contributed by atoms with Gasteiger partial charge in [0, 0.05) is 11.4 Å². The molecule has 3 N–H and O–H groups in total. The fourth-order valence-corrected chi connectivity index (χ4v) is 2.37. The van der Waals surface area contributed by atoms with Crippen LogP contribution >= 0.6 is 11.6 Å². The Labute approximate surface area is 153 Å². The van der Waals surface area contributed by atoms with Crippen LogP contribution in [0.4, 0.5) is 5.69 Å². The van der Waals surface area contributed by atoms with Crippen molar-refractivity contribution in [2.24, 2.45) is 5.73 Å². The van der Waals surface area contributed by atoms with Crippen LogP contribution in [0.1, 0.15) is 10.4 Å². The Balaban J connectivity index is 1.73. The van der Waals surface area contributed by atoms with E-state index in [0.29, 0.717) is 27.7 Å². The van der Waals surface area contributed by atoms with Gasteiger partial charge in [-0.05, 0) is 42.5 Å². The van der Waals surface area contributed by atoms with Gasteiger partial charge in [-0.25, -0.2) is 0 Å². The van der Waals surface area contributed by atoms with Crippen molar-refractivity contribution >= 4 is 29.1 Å². The number of carbonyl (C=O) groups excluding carboxylic acids is 2. The van der Waals surface area contributed by atoms with Crippen molar-refractivity contribution in [2.75, 3.05) is 11.9 Å². The normalized spacial score (nSPS) is 10.3. The number of anilines is 1. The van der Waals surface area contributed by atoms with Gasteiger partial charge in [0.1, 0.15) is 18.4 Å². The van der Waals surface area contributed by atoms with Gasteiger partial charge in [-0.2, -0.15) is 0 Å². The largest absolute Gasteiger partial charge is 0.484 e. The van der Waals surface area contributed by atoms with Crippen LogP contribution in [0.5, 0.6) is 5.75 Å². The van der Waals surface area contributed by atoms with E-state index in [4.69, 9.17) is 22.1 Å². The molecule has 132 valence electrons. The van der Waals surface area contributed by atoms with Gasteiger partial charge in [0.05, 0.1) is 10.6 Å². The van der Waals surface area contributed by atoms with E-state index in [1.165, 1.54) is 12.7 Å². The lowest BCUT2D eigenvalue weighted by molar-refractivity contribution is -0.119. The smallest absolute Gasteiger partial charge is 0.257 e. The molecule has 3 rings (SSSR count). The molecule has 0 bridgehead atoms. The summed E-state index contributed by atoms with van der Waals surface area (Å²) in [6, 6.07) is 11.6. The van der Waals surface area contributed by atoms with Crippen molar-refractivity contribution in [1.82, 2.24) is 14.8 Å². The highest BCUT2D eigenvalue weighted by Gasteiger charge is 2.12. The third kappa shape index (κ3) is 4.17. The number of primary amides is 1. The van der Waals surface area contributed by atoms with E-state index >= 15 is 0 Å². The van der Waals surface area contributed by atoms with E-state index in [9.17, 15) is 9.59 Å². The van der Waals surface area contributed by atoms with Gasteiger partial charge < -0.3 is 15.8 Å². The summed E-state index contributed by atoms with van der Waals surface area (Å²) in [5.41, 5.74) is 6.59. The van der Waals surface area contributed by atoms with E-state index in [0.717, 1.165) is 0 Å². The second-order valence-electron chi connectivity index (χ2n) is 5.27. The zero-order chi connectivity index (χ0) is 18.5. The maximum absolute atomic E-state index is 12.5. The molecule has 0 fully saturated rings. The van der Waals surface area contributed by atoms with Crippen LogP contribution in [0.25, 0.3) is 5.69 Å². The number of nitrogens with one attached hydrogen (secondary N) is 1. The molecular weight excluding hydrogens is 358 g/mol. The fraction of sp³-hybridized carbons (Fsp3) is 0.0588. The van der Waals surface area contributed by atoms with Crippen LogP contribution in [0.2, 0.25) is 5.02 Å². The van der Waals surface area contributed by atoms with E-state index in [-0.39, 0.29) is 12.5 Å². The van der Waals surface area contributed by atoms with E-state index < -0.39 is 5.91 Å². The number of amides is 2. The number of nitrogens with zero attached hydrogens (tertiary/aromatic N) is 3. The van der Waals surface area contributed by atoms with Gasteiger partial charge in [0.15, 0.2) is 6.61 Å². The minimum Gasteiger partial charge on any atom is -0.484 e. The van der Waals surface area contributed by atoms with Crippen LogP contribution < -0.4 is 15.8 Å². The first kappa shape index (κ1) is 17.4. The highest BCUT2D eigenvalue weighted by molar-refractivity contribution is 6.34. The summed E-state index contributed by atoms with van der Waals surface area (Å²) in [6.45, 7) is -0.211. The van der Waals surface area contributed by atoms with Crippen molar-refractivity contribution in [3.05, 3.63) is 65.7 Å². The Morgan fingerprint density at radius 3 is 2.46 bits per heavy atom. The topological polar surface area (TPSA) is 112 Å². The maximum Gasteiger partial charge on any atom is 0.257 e. The molecule has 2 amide bonds. The lowest BCUT2D eigenvalue weighted by atomic mass is 10.1. The molecule has 0 unspecified atom stereocenters.